The molecule has 0 unspecified atom stereocenters. The van der Waals surface area contributed by atoms with Gasteiger partial charge in [0, 0.05) is 23.4 Å². The highest BCUT2D eigenvalue weighted by molar-refractivity contribution is 6.30. The first-order valence-corrected chi connectivity index (χ1v) is 8.83. The van der Waals surface area contributed by atoms with Crippen LogP contribution >= 0.6 is 11.6 Å². The Morgan fingerprint density at radius 1 is 1.15 bits per heavy atom. The van der Waals surface area contributed by atoms with Crippen molar-refractivity contribution >= 4 is 23.3 Å². The summed E-state index contributed by atoms with van der Waals surface area (Å²) >= 11 is 6.00. The molecule has 0 fully saturated rings. The number of rotatable bonds is 4. The number of fused-ring (bicyclic) bond motifs is 1. The third-order valence-electron chi connectivity index (χ3n) is 4.69. The van der Waals surface area contributed by atoms with Gasteiger partial charge in [-0.25, -0.2) is 4.98 Å². The van der Waals surface area contributed by atoms with Gasteiger partial charge >= 0.3 is 0 Å². The van der Waals surface area contributed by atoms with Crippen molar-refractivity contribution in [1.29, 1.82) is 0 Å². The van der Waals surface area contributed by atoms with Crippen LogP contribution in [0.2, 0.25) is 5.02 Å². The fourth-order valence-electron chi connectivity index (χ4n) is 3.35. The number of nitrogens with zero attached hydrogens (tertiary/aromatic N) is 2. The first kappa shape index (κ1) is 17.4. The quantitative estimate of drug-likeness (QED) is 0.739. The highest BCUT2D eigenvalue weighted by atomic mass is 35.5. The maximum atomic E-state index is 12.4. The fourth-order valence-corrected chi connectivity index (χ4v) is 3.47. The largest absolute Gasteiger partial charge is 0.497 e. The first-order chi connectivity index (χ1) is 13.1. The van der Waals surface area contributed by atoms with E-state index in [1.807, 2.05) is 47.0 Å². The molecule has 2 aromatic carbocycles. The second-order valence-electron chi connectivity index (χ2n) is 6.24. The summed E-state index contributed by atoms with van der Waals surface area (Å²) in [5.74, 6) is 1.77. The van der Waals surface area contributed by atoms with Gasteiger partial charge < -0.3 is 14.8 Å². The molecule has 1 aromatic heterocycles. The van der Waals surface area contributed by atoms with E-state index < -0.39 is 0 Å². The van der Waals surface area contributed by atoms with Gasteiger partial charge in [0.05, 0.1) is 25.6 Å². The number of carbonyl (C=O) groups excluding carboxylic acids is 1. The second kappa shape index (κ2) is 6.96. The number of anilines is 1. The van der Waals surface area contributed by atoms with E-state index in [0.29, 0.717) is 28.8 Å². The van der Waals surface area contributed by atoms with E-state index in [4.69, 9.17) is 21.1 Å². The molecule has 0 aliphatic carbocycles. The lowest BCUT2D eigenvalue weighted by Crippen LogP contribution is -2.25. The zero-order valence-corrected chi connectivity index (χ0v) is 15.7. The molecular formula is C20H18ClN3O3. The van der Waals surface area contributed by atoms with Gasteiger partial charge in [0.2, 0.25) is 5.91 Å². The molecule has 1 atom stereocenters. The van der Waals surface area contributed by atoms with Crippen LogP contribution in [-0.2, 0) is 4.79 Å². The molecule has 1 amide bonds. The van der Waals surface area contributed by atoms with Crippen LogP contribution in [0.4, 0.5) is 5.82 Å². The summed E-state index contributed by atoms with van der Waals surface area (Å²) in [5.41, 5.74) is 2.54. The van der Waals surface area contributed by atoms with Crippen molar-refractivity contribution in [1.82, 2.24) is 9.55 Å². The van der Waals surface area contributed by atoms with Crippen LogP contribution in [0.5, 0.6) is 11.5 Å². The molecule has 0 spiro atoms. The lowest BCUT2D eigenvalue weighted by atomic mass is 9.90. The summed E-state index contributed by atoms with van der Waals surface area (Å²) in [4.78, 5) is 17.0. The molecule has 0 radical (unpaired) electrons. The van der Waals surface area contributed by atoms with E-state index in [1.54, 1.807) is 20.5 Å². The van der Waals surface area contributed by atoms with Gasteiger partial charge in [-0.05, 0) is 29.8 Å². The van der Waals surface area contributed by atoms with E-state index in [0.717, 1.165) is 16.9 Å². The van der Waals surface area contributed by atoms with Gasteiger partial charge in [-0.1, -0.05) is 23.7 Å². The zero-order valence-electron chi connectivity index (χ0n) is 14.9. The Morgan fingerprint density at radius 2 is 1.93 bits per heavy atom. The lowest BCUT2D eigenvalue weighted by Gasteiger charge is -2.24. The van der Waals surface area contributed by atoms with Gasteiger partial charge in [0.1, 0.15) is 23.6 Å². The zero-order chi connectivity index (χ0) is 19.0. The minimum atomic E-state index is -0.135. The molecule has 1 aliphatic heterocycles. The van der Waals surface area contributed by atoms with Crippen LogP contribution in [0.25, 0.3) is 5.69 Å². The van der Waals surface area contributed by atoms with Crippen LogP contribution in [0.15, 0.2) is 48.8 Å². The number of imidazole rings is 1. The molecule has 6 nitrogen and oxygen atoms in total. The average Bonchev–Trinajstić information content (AvgIpc) is 3.11. The monoisotopic (exact) mass is 383 g/mol. The summed E-state index contributed by atoms with van der Waals surface area (Å²) < 4.78 is 12.6. The number of nitrogens with one attached hydrogen (secondary N) is 1. The fraction of sp³-hybridized carbons (Fsp3) is 0.200. The average molecular weight is 384 g/mol. The molecule has 4 rings (SSSR count). The van der Waals surface area contributed by atoms with Crippen LogP contribution in [0.3, 0.4) is 0 Å². The Bertz CT molecular complexity index is 998. The number of hydrogen-bond donors (Lipinski definition) is 1. The summed E-state index contributed by atoms with van der Waals surface area (Å²) in [5, 5.41) is 3.60. The topological polar surface area (TPSA) is 65.4 Å². The van der Waals surface area contributed by atoms with Crippen LogP contribution in [0, 0.1) is 0 Å². The second-order valence-corrected chi connectivity index (χ2v) is 6.68. The van der Waals surface area contributed by atoms with E-state index in [9.17, 15) is 4.79 Å². The van der Waals surface area contributed by atoms with Gasteiger partial charge in [0.15, 0.2) is 0 Å². The van der Waals surface area contributed by atoms with Crippen molar-refractivity contribution in [3.8, 4) is 17.2 Å². The molecular weight excluding hydrogens is 366 g/mol. The van der Waals surface area contributed by atoms with Crippen molar-refractivity contribution in [2.75, 3.05) is 19.5 Å². The Labute approximate surface area is 161 Å². The number of methoxy groups -OCH3 is 2. The summed E-state index contributed by atoms with van der Waals surface area (Å²) in [6.07, 6.45) is 2.03. The Hall–Kier alpha value is -2.99. The van der Waals surface area contributed by atoms with Crippen LogP contribution < -0.4 is 14.8 Å². The number of aromatic nitrogens is 2. The minimum Gasteiger partial charge on any atom is -0.497 e. The van der Waals surface area contributed by atoms with Crippen molar-refractivity contribution < 1.29 is 14.3 Å². The SMILES string of the molecule is COc1ccc(OC)c(-n2cnc3c2NC(=O)C[C@H]3c2ccc(Cl)cc2)c1. The number of halogens is 1. The number of carbonyl (C=O) groups is 1. The van der Waals surface area contributed by atoms with E-state index >= 15 is 0 Å². The lowest BCUT2D eigenvalue weighted by molar-refractivity contribution is -0.116. The highest BCUT2D eigenvalue weighted by Gasteiger charge is 2.31. The molecule has 1 N–H and O–H groups in total. The van der Waals surface area contributed by atoms with Crippen molar-refractivity contribution in [3.05, 3.63) is 65.1 Å². The van der Waals surface area contributed by atoms with Crippen LogP contribution in [-0.4, -0.2) is 29.7 Å². The number of benzene rings is 2. The molecule has 1 aliphatic rings. The molecule has 0 saturated heterocycles. The van der Waals surface area contributed by atoms with Gasteiger partial charge in [-0.3, -0.25) is 9.36 Å². The predicted molar refractivity (Wildman–Crippen MR) is 103 cm³/mol. The molecule has 3 aromatic rings. The summed E-state index contributed by atoms with van der Waals surface area (Å²) in [6.45, 7) is 0. The molecule has 0 bridgehead atoms. The minimum absolute atomic E-state index is 0.0638. The number of hydrogen-bond acceptors (Lipinski definition) is 4. The normalized spacial score (nSPS) is 15.8. The highest BCUT2D eigenvalue weighted by Crippen LogP contribution is 2.39. The third-order valence-corrected chi connectivity index (χ3v) is 4.94. The smallest absolute Gasteiger partial charge is 0.226 e. The molecule has 7 heteroatoms. The number of ether oxygens (including phenoxy) is 2. The van der Waals surface area contributed by atoms with Crippen molar-refractivity contribution in [2.24, 2.45) is 0 Å². The van der Waals surface area contributed by atoms with Gasteiger partial charge in [-0.2, -0.15) is 0 Å². The predicted octanol–water partition coefficient (Wildman–Crippen LogP) is 4.02. The third kappa shape index (κ3) is 3.13. The Morgan fingerprint density at radius 3 is 2.63 bits per heavy atom. The van der Waals surface area contributed by atoms with E-state index in [1.165, 1.54) is 0 Å². The van der Waals surface area contributed by atoms with Crippen molar-refractivity contribution in [3.63, 3.8) is 0 Å². The summed E-state index contributed by atoms with van der Waals surface area (Å²) in [6, 6.07) is 13.0. The standard InChI is InChI=1S/C20H18ClN3O3/c1-26-14-7-8-17(27-2)16(9-14)24-11-22-19-15(10-18(25)23-20(19)24)12-3-5-13(21)6-4-12/h3-9,11,15H,10H2,1-2H3,(H,23,25)/t15-/m0/s1. The Kier molecular flexibility index (Phi) is 4.49. The molecule has 0 saturated carbocycles. The Balaban J connectivity index is 1.84. The summed E-state index contributed by atoms with van der Waals surface area (Å²) in [7, 11) is 3.21. The molecule has 138 valence electrons. The molecule has 27 heavy (non-hydrogen) atoms. The van der Waals surface area contributed by atoms with Crippen molar-refractivity contribution in [2.45, 2.75) is 12.3 Å². The van der Waals surface area contributed by atoms with E-state index in [-0.39, 0.29) is 11.8 Å². The van der Waals surface area contributed by atoms with Crippen LogP contribution in [0.1, 0.15) is 23.6 Å². The number of amides is 1. The first-order valence-electron chi connectivity index (χ1n) is 8.45. The van der Waals surface area contributed by atoms with E-state index in [2.05, 4.69) is 10.3 Å². The maximum absolute atomic E-state index is 12.4. The van der Waals surface area contributed by atoms with Gasteiger partial charge in [-0.15, -0.1) is 0 Å². The maximum Gasteiger partial charge on any atom is 0.226 e. The van der Waals surface area contributed by atoms with Gasteiger partial charge in [0.25, 0.3) is 0 Å². The molecule has 2 heterocycles.